The Hall–Kier alpha value is -2.16. The number of carbonyl (C=O) groups is 2. The van der Waals surface area contributed by atoms with Crippen LogP contribution in [0.5, 0.6) is 0 Å². The Morgan fingerprint density at radius 2 is 1.80 bits per heavy atom. The first-order chi connectivity index (χ1) is 14.4. The summed E-state index contributed by atoms with van der Waals surface area (Å²) in [5.74, 6) is -0.154. The molecule has 2 amide bonds. The lowest BCUT2D eigenvalue weighted by Gasteiger charge is -2.37. The Labute approximate surface area is 194 Å². The second-order valence-electron chi connectivity index (χ2n) is 6.75. The topological polar surface area (TPSA) is 64.7 Å². The van der Waals surface area contributed by atoms with Gasteiger partial charge in [-0.05, 0) is 52.4 Å². The van der Waals surface area contributed by atoms with E-state index in [1.54, 1.807) is 18.2 Å². The minimum atomic E-state index is -0.310. The van der Waals surface area contributed by atoms with Crippen LogP contribution in [-0.2, 0) is 4.79 Å². The van der Waals surface area contributed by atoms with Gasteiger partial charge in [-0.15, -0.1) is 0 Å². The third-order valence-electron chi connectivity index (χ3n) is 4.83. The molecule has 0 radical (unpaired) electrons. The van der Waals surface area contributed by atoms with Crippen molar-refractivity contribution in [2.24, 2.45) is 0 Å². The van der Waals surface area contributed by atoms with Crippen LogP contribution in [0.2, 0.25) is 5.02 Å². The molecule has 2 N–H and O–H groups in total. The average Bonchev–Trinajstić information content (AvgIpc) is 2.73. The third-order valence-corrected chi connectivity index (χ3v) is 6.03. The van der Waals surface area contributed by atoms with Crippen LogP contribution in [0.4, 0.5) is 11.4 Å². The van der Waals surface area contributed by atoms with Crippen LogP contribution in [0.25, 0.3) is 0 Å². The predicted molar refractivity (Wildman–Crippen MR) is 128 cm³/mol. The van der Waals surface area contributed by atoms with Crippen LogP contribution in [0.3, 0.4) is 0 Å². The number of thiocarbonyl (C=S) groups is 1. The highest BCUT2D eigenvalue weighted by Crippen LogP contribution is 2.34. The fourth-order valence-electron chi connectivity index (χ4n) is 3.31. The minimum absolute atomic E-state index is 0.156. The maximum Gasteiger partial charge on any atom is 0.258 e. The van der Waals surface area contributed by atoms with E-state index in [2.05, 4.69) is 31.5 Å². The molecule has 1 heterocycles. The molecule has 0 bridgehead atoms. The Kier molecular flexibility index (Phi) is 7.69. The molecule has 1 aliphatic heterocycles. The molecular formula is C21H22BrClN4O2S. The average molecular weight is 510 g/mol. The van der Waals surface area contributed by atoms with E-state index in [-0.39, 0.29) is 16.9 Å². The highest BCUT2D eigenvalue weighted by molar-refractivity contribution is 9.10. The standard InChI is InChI=1S/C21H22BrClN4O2S/c1-2-18(28)26-10-12-27(13-11-26)19-16(23)8-5-9-17(19)24-21(30)25-20(29)14-6-3-4-7-15(14)22/h3-9H,2,10-13H2,1H3,(H2,24,25,29,30). The Balaban J connectivity index is 1.71. The molecule has 1 saturated heterocycles. The zero-order valence-corrected chi connectivity index (χ0v) is 19.6. The first-order valence-corrected chi connectivity index (χ1v) is 11.2. The molecule has 9 heteroatoms. The quantitative estimate of drug-likeness (QED) is 0.602. The molecule has 2 aromatic carbocycles. The summed E-state index contributed by atoms with van der Waals surface area (Å²) in [6.45, 7) is 4.48. The van der Waals surface area contributed by atoms with Crippen molar-refractivity contribution in [3.63, 3.8) is 0 Å². The molecule has 2 aromatic rings. The van der Waals surface area contributed by atoms with Gasteiger partial charge in [-0.25, -0.2) is 0 Å². The normalized spacial score (nSPS) is 13.7. The zero-order chi connectivity index (χ0) is 21.7. The van der Waals surface area contributed by atoms with Crippen LogP contribution in [0.1, 0.15) is 23.7 Å². The van der Waals surface area contributed by atoms with Gasteiger partial charge < -0.3 is 15.1 Å². The third kappa shape index (κ3) is 5.30. The summed E-state index contributed by atoms with van der Waals surface area (Å²) in [4.78, 5) is 28.4. The lowest BCUT2D eigenvalue weighted by Crippen LogP contribution is -2.49. The summed E-state index contributed by atoms with van der Waals surface area (Å²) in [5, 5.41) is 6.55. The SMILES string of the molecule is CCC(=O)N1CCN(c2c(Cl)cccc2NC(=S)NC(=O)c2ccccc2Br)CC1. The van der Waals surface area contributed by atoms with Crippen LogP contribution in [0, 0.1) is 0 Å². The second-order valence-corrected chi connectivity index (χ2v) is 8.42. The number of amides is 2. The van der Waals surface area contributed by atoms with Crippen LogP contribution in [0.15, 0.2) is 46.9 Å². The van der Waals surface area contributed by atoms with E-state index in [0.29, 0.717) is 53.3 Å². The van der Waals surface area contributed by atoms with E-state index in [0.717, 1.165) is 5.69 Å². The molecule has 0 saturated carbocycles. The predicted octanol–water partition coefficient (Wildman–Crippen LogP) is 4.29. The molecular weight excluding hydrogens is 488 g/mol. The van der Waals surface area contributed by atoms with Gasteiger partial charge in [-0.3, -0.25) is 14.9 Å². The number of piperazine rings is 1. The van der Waals surface area contributed by atoms with E-state index in [1.807, 2.05) is 36.1 Å². The smallest absolute Gasteiger partial charge is 0.258 e. The van der Waals surface area contributed by atoms with Gasteiger partial charge >= 0.3 is 0 Å². The van der Waals surface area contributed by atoms with Gasteiger partial charge in [0, 0.05) is 37.1 Å². The van der Waals surface area contributed by atoms with Crippen molar-refractivity contribution in [1.82, 2.24) is 10.2 Å². The molecule has 0 atom stereocenters. The molecule has 3 rings (SSSR count). The number of nitrogens with one attached hydrogen (secondary N) is 2. The van der Waals surface area contributed by atoms with Crippen LogP contribution >= 0.6 is 39.7 Å². The lowest BCUT2D eigenvalue weighted by atomic mass is 10.2. The van der Waals surface area contributed by atoms with Crippen molar-refractivity contribution in [2.45, 2.75) is 13.3 Å². The molecule has 30 heavy (non-hydrogen) atoms. The van der Waals surface area contributed by atoms with Crippen molar-refractivity contribution in [3.8, 4) is 0 Å². The van der Waals surface area contributed by atoms with E-state index in [9.17, 15) is 9.59 Å². The molecule has 1 fully saturated rings. The number of hydrogen-bond acceptors (Lipinski definition) is 4. The van der Waals surface area contributed by atoms with E-state index in [1.165, 1.54) is 0 Å². The van der Waals surface area contributed by atoms with Crippen LogP contribution in [-0.4, -0.2) is 48.0 Å². The fraction of sp³-hybridized carbons (Fsp3) is 0.286. The van der Waals surface area contributed by atoms with Gasteiger partial charge in [0.25, 0.3) is 5.91 Å². The Morgan fingerprint density at radius 3 is 2.47 bits per heavy atom. The first-order valence-electron chi connectivity index (χ1n) is 9.58. The molecule has 0 spiro atoms. The Morgan fingerprint density at radius 1 is 1.10 bits per heavy atom. The molecule has 1 aliphatic rings. The van der Waals surface area contributed by atoms with E-state index >= 15 is 0 Å². The van der Waals surface area contributed by atoms with Crippen molar-refractivity contribution in [3.05, 3.63) is 57.5 Å². The van der Waals surface area contributed by atoms with Crippen molar-refractivity contribution >= 4 is 68.1 Å². The summed E-state index contributed by atoms with van der Waals surface area (Å²) in [6.07, 6.45) is 0.504. The van der Waals surface area contributed by atoms with Gasteiger partial charge in [0.2, 0.25) is 5.91 Å². The van der Waals surface area contributed by atoms with E-state index < -0.39 is 0 Å². The van der Waals surface area contributed by atoms with Gasteiger partial charge in [-0.2, -0.15) is 0 Å². The highest BCUT2D eigenvalue weighted by Gasteiger charge is 2.24. The number of halogens is 2. The number of anilines is 2. The number of nitrogens with zero attached hydrogens (tertiary/aromatic N) is 2. The van der Waals surface area contributed by atoms with Gasteiger partial charge in [0.05, 0.1) is 22.0 Å². The minimum Gasteiger partial charge on any atom is -0.365 e. The van der Waals surface area contributed by atoms with Gasteiger partial charge in [0.15, 0.2) is 5.11 Å². The Bertz CT molecular complexity index is 964. The first kappa shape index (κ1) is 22.5. The molecule has 6 nitrogen and oxygen atoms in total. The van der Waals surface area contributed by atoms with Crippen molar-refractivity contribution in [1.29, 1.82) is 0 Å². The van der Waals surface area contributed by atoms with Crippen LogP contribution < -0.4 is 15.5 Å². The molecule has 0 aliphatic carbocycles. The molecule has 0 unspecified atom stereocenters. The van der Waals surface area contributed by atoms with Gasteiger partial charge in [0.1, 0.15) is 0 Å². The monoisotopic (exact) mass is 508 g/mol. The summed E-state index contributed by atoms with van der Waals surface area (Å²) in [5.41, 5.74) is 2.00. The van der Waals surface area contributed by atoms with Crippen molar-refractivity contribution < 1.29 is 9.59 Å². The lowest BCUT2D eigenvalue weighted by molar-refractivity contribution is -0.131. The number of para-hydroxylation sites is 1. The number of hydrogen-bond donors (Lipinski definition) is 2. The second kappa shape index (κ2) is 10.2. The van der Waals surface area contributed by atoms with E-state index in [4.69, 9.17) is 23.8 Å². The summed E-state index contributed by atoms with van der Waals surface area (Å²) >= 11 is 15.2. The summed E-state index contributed by atoms with van der Waals surface area (Å²) in [6, 6.07) is 12.6. The maximum absolute atomic E-state index is 12.5. The largest absolute Gasteiger partial charge is 0.365 e. The zero-order valence-electron chi connectivity index (χ0n) is 16.5. The number of carbonyl (C=O) groups excluding carboxylic acids is 2. The molecule has 0 aromatic heterocycles. The fourth-order valence-corrected chi connectivity index (χ4v) is 4.27. The summed E-state index contributed by atoms with van der Waals surface area (Å²) in [7, 11) is 0. The summed E-state index contributed by atoms with van der Waals surface area (Å²) < 4.78 is 0.688. The highest BCUT2D eigenvalue weighted by atomic mass is 79.9. The maximum atomic E-state index is 12.5. The van der Waals surface area contributed by atoms with Gasteiger partial charge in [-0.1, -0.05) is 36.7 Å². The number of rotatable bonds is 4. The molecule has 158 valence electrons. The number of benzene rings is 2. The van der Waals surface area contributed by atoms with Crippen molar-refractivity contribution in [2.75, 3.05) is 36.4 Å².